The van der Waals surface area contributed by atoms with E-state index in [4.69, 9.17) is 15.2 Å². The molecule has 1 aliphatic heterocycles. The maximum atomic E-state index is 12.0. The van der Waals surface area contributed by atoms with E-state index >= 15 is 0 Å². The molecule has 1 aromatic carbocycles. The van der Waals surface area contributed by atoms with Gasteiger partial charge >= 0.3 is 0 Å². The molecule has 1 atom stereocenters. The van der Waals surface area contributed by atoms with E-state index in [2.05, 4.69) is 5.32 Å². The number of ether oxygens (including phenoxy) is 2. The Morgan fingerprint density at radius 3 is 2.59 bits per heavy atom. The van der Waals surface area contributed by atoms with Gasteiger partial charge in [0.25, 0.3) is 5.91 Å². The summed E-state index contributed by atoms with van der Waals surface area (Å²) in [4.78, 5) is 23.3. The van der Waals surface area contributed by atoms with Crippen molar-refractivity contribution in [3.63, 3.8) is 0 Å². The van der Waals surface area contributed by atoms with Crippen LogP contribution in [-0.4, -0.2) is 37.7 Å². The number of para-hydroxylation sites is 1. The lowest BCUT2D eigenvalue weighted by Gasteiger charge is -2.30. The standard InChI is InChI=1S/C16H22N2O4/c17-15(19)10-14(12-6-8-21-9-7-12)18-16(20)11-22-13-4-2-1-3-5-13/h1-5,12,14H,6-11H2,(H2,17,19)(H,18,20)/t14-/m0/s1. The summed E-state index contributed by atoms with van der Waals surface area (Å²) >= 11 is 0. The molecular formula is C16H22N2O4. The van der Waals surface area contributed by atoms with Crippen molar-refractivity contribution in [3.05, 3.63) is 30.3 Å². The van der Waals surface area contributed by atoms with Crippen LogP contribution in [0.1, 0.15) is 19.3 Å². The van der Waals surface area contributed by atoms with Gasteiger partial charge < -0.3 is 20.5 Å². The van der Waals surface area contributed by atoms with Crippen LogP contribution < -0.4 is 15.8 Å². The Morgan fingerprint density at radius 2 is 1.95 bits per heavy atom. The molecular weight excluding hydrogens is 284 g/mol. The van der Waals surface area contributed by atoms with Gasteiger partial charge in [-0.05, 0) is 30.9 Å². The lowest BCUT2D eigenvalue weighted by atomic mass is 9.89. The van der Waals surface area contributed by atoms with E-state index in [0.717, 1.165) is 12.8 Å². The average molecular weight is 306 g/mol. The van der Waals surface area contributed by atoms with Crippen LogP contribution in [0.25, 0.3) is 0 Å². The van der Waals surface area contributed by atoms with Gasteiger partial charge in [0.1, 0.15) is 5.75 Å². The topological polar surface area (TPSA) is 90.7 Å². The summed E-state index contributed by atoms with van der Waals surface area (Å²) in [5, 5.41) is 2.87. The molecule has 0 spiro atoms. The molecule has 0 aromatic heterocycles. The van der Waals surface area contributed by atoms with E-state index in [0.29, 0.717) is 19.0 Å². The molecule has 1 heterocycles. The number of amides is 2. The number of hydrogen-bond donors (Lipinski definition) is 2. The summed E-state index contributed by atoms with van der Waals surface area (Å²) in [5.74, 6) is 0.180. The second-order valence-electron chi connectivity index (χ2n) is 5.40. The first-order chi connectivity index (χ1) is 10.6. The Kier molecular flexibility index (Phi) is 6.21. The van der Waals surface area contributed by atoms with Crippen LogP contribution >= 0.6 is 0 Å². The van der Waals surface area contributed by atoms with E-state index in [1.165, 1.54) is 0 Å². The fourth-order valence-electron chi connectivity index (χ4n) is 2.58. The zero-order valence-corrected chi connectivity index (χ0v) is 12.5. The molecule has 1 aromatic rings. The molecule has 6 heteroatoms. The average Bonchev–Trinajstić information content (AvgIpc) is 2.54. The SMILES string of the molecule is NC(=O)C[C@H](NC(=O)COc1ccccc1)C1CCOCC1. The normalized spacial score (nSPS) is 16.7. The molecule has 2 rings (SSSR count). The van der Waals surface area contributed by atoms with Crippen molar-refractivity contribution in [1.29, 1.82) is 0 Å². The van der Waals surface area contributed by atoms with E-state index < -0.39 is 5.91 Å². The van der Waals surface area contributed by atoms with Gasteiger partial charge in [0.15, 0.2) is 6.61 Å². The van der Waals surface area contributed by atoms with E-state index in [1.54, 1.807) is 12.1 Å². The first-order valence-corrected chi connectivity index (χ1v) is 7.48. The Bertz CT molecular complexity index is 486. The number of rotatable bonds is 7. The maximum absolute atomic E-state index is 12.0. The first kappa shape index (κ1) is 16.3. The molecule has 0 saturated carbocycles. The highest BCUT2D eigenvalue weighted by Crippen LogP contribution is 2.20. The Labute approximate surface area is 130 Å². The van der Waals surface area contributed by atoms with Crippen molar-refractivity contribution in [1.82, 2.24) is 5.32 Å². The van der Waals surface area contributed by atoms with Crippen LogP contribution in [0, 0.1) is 5.92 Å². The number of nitrogens with one attached hydrogen (secondary N) is 1. The largest absolute Gasteiger partial charge is 0.484 e. The number of carbonyl (C=O) groups is 2. The van der Waals surface area contributed by atoms with Crippen molar-refractivity contribution >= 4 is 11.8 Å². The summed E-state index contributed by atoms with van der Waals surface area (Å²) < 4.78 is 10.7. The molecule has 0 unspecified atom stereocenters. The second kappa shape index (κ2) is 8.38. The lowest BCUT2D eigenvalue weighted by Crippen LogP contribution is -2.46. The number of carbonyl (C=O) groups excluding carboxylic acids is 2. The van der Waals surface area contributed by atoms with Crippen molar-refractivity contribution < 1.29 is 19.1 Å². The summed E-state index contributed by atoms with van der Waals surface area (Å²) in [6.07, 6.45) is 1.78. The maximum Gasteiger partial charge on any atom is 0.258 e. The van der Waals surface area contributed by atoms with Gasteiger partial charge in [0, 0.05) is 25.7 Å². The van der Waals surface area contributed by atoms with Crippen LogP contribution in [0.15, 0.2) is 30.3 Å². The molecule has 0 bridgehead atoms. The molecule has 120 valence electrons. The van der Waals surface area contributed by atoms with Gasteiger partial charge in [-0.2, -0.15) is 0 Å². The van der Waals surface area contributed by atoms with Gasteiger partial charge in [-0.3, -0.25) is 9.59 Å². The third-order valence-corrected chi connectivity index (χ3v) is 3.72. The van der Waals surface area contributed by atoms with Crippen molar-refractivity contribution in [2.24, 2.45) is 11.7 Å². The molecule has 1 saturated heterocycles. The fourth-order valence-corrected chi connectivity index (χ4v) is 2.58. The predicted octanol–water partition coefficient (Wildman–Crippen LogP) is 0.852. The highest BCUT2D eigenvalue weighted by molar-refractivity contribution is 5.80. The van der Waals surface area contributed by atoms with Crippen LogP contribution in [0.4, 0.5) is 0 Å². The van der Waals surface area contributed by atoms with Crippen LogP contribution in [-0.2, 0) is 14.3 Å². The quantitative estimate of drug-likeness (QED) is 0.781. The van der Waals surface area contributed by atoms with E-state index in [9.17, 15) is 9.59 Å². The number of hydrogen-bond acceptors (Lipinski definition) is 4. The summed E-state index contributed by atoms with van der Waals surface area (Å²) in [6, 6.07) is 8.87. The zero-order valence-electron chi connectivity index (χ0n) is 12.5. The molecule has 6 nitrogen and oxygen atoms in total. The molecule has 1 aliphatic rings. The zero-order chi connectivity index (χ0) is 15.8. The van der Waals surface area contributed by atoms with Crippen LogP contribution in [0.2, 0.25) is 0 Å². The summed E-state index contributed by atoms with van der Waals surface area (Å²) in [7, 11) is 0. The molecule has 0 aliphatic carbocycles. The minimum Gasteiger partial charge on any atom is -0.484 e. The molecule has 3 N–H and O–H groups in total. The number of benzene rings is 1. The fraction of sp³-hybridized carbons (Fsp3) is 0.500. The van der Waals surface area contributed by atoms with Gasteiger partial charge in [-0.1, -0.05) is 18.2 Å². The highest BCUT2D eigenvalue weighted by Gasteiger charge is 2.26. The van der Waals surface area contributed by atoms with Crippen molar-refractivity contribution in [3.8, 4) is 5.75 Å². The molecule has 0 radical (unpaired) electrons. The van der Waals surface area contributed by atoms with Crippen LogP contribution in [0.3, 0.4) is 0 Å². The van der Waals surface area contributed by atoms with E-state index in [1.807, 2.05) is 18.2 Å². The predicted molar refractivity (Wildman–Crippen MR) is 81.2 cm³/mol. The molecule has 1 fully saturated rings. The van der Waals surface area contributed by atoms with Crippen LogP contribution in [0.5, 0.6) is 5.75 Å². The lowest BCUT2D eigenvalue weighted by molar-refractivity contribution is -0.125. The summed E-state index contributed by atoms with van der Waals surface area (Å²) in [5.41, 5.74) is 5.29. The van der Waals surface area contributed by atoms with Gasteiger partial charge in [0.05, 0.1) is 0 Å². The van der Waals surface area contributed by atoms with Crippen molar-refractivity contribution in [2.45, 2.75) is 25.3 Å². The third kappa shape index (κ3) is 5.37. The number of primary amides is 1. The molecule has 22 heavy (non-hydrogen) atoms. The smallest absolute Gasteiger partial charge is 0.258 e. The first-order valence-electron chi connectivity index (χ1n) is 7.48. The van der Waals surface area contributed by atoms with E-state index in [-0.39, 0.29) is 30.9 Å². The Balaban J connectivity index is 1.85. The van der Waals surface area contributed by atoms with Gasteiger partial charge in [0.2, 0.25) is 5.91 Å². The Morgan fingerprint density at radius 1 is 1.27 bits per heavy atom. The van der Waals surface area contributed by atoms with Gasteiger partial charge in [-0.15, -0.1) is 0 Å². The minimum atomic E-state index is -0.416. The Hall–Kier alpha value is -2.08. The third-order valence-electron chi connectivity index (χ3n) is 3.72. The highest BCUT2D eigenvalue weighted by atomic mass is 16.5. The minimum absolute atomic E-state index is 0.0809. The number of nitrogens with two attached hydrogens (primary N) is 1. The second-order valence-corrected chi connectivity index (χ2v) is 5.40. The monoisotopic (exact) mass is 306 g/mol. The molecule has 2 amide bonds. The van der Waals surface area contributed by atoms with Crippen molar-refractivity contribution in [2.75, 3.05) is 19.8 Å². The summed E-state index contributed by atoms with van der Waals surface area (Å²) in [6.45, 7) is 1.22. The van der Waals surface area contributed by atoms with Gasteiger partial charge in [-0.25, -0.2) is 0 Å².